The number of methoxy groups -OCH3 is 1. The highest BCUT2D eigenvalue weighted by Crippen LogP contribution is 2.66. The number of halogens is 9. The molecule has 210 valence electrons. The van der Waals surface area contributed by atoms with E-state index in [4.69, 9.17) is 9.47 Å². The summed E-state index contributed by atoms with van der Waals surface area (Å²) in [6, 6.07) is 10.5. The molecule has 2 atom stereocenters. The molecule has 0 spiro atoms. The Kier molecular flexibility index (Phi) is 8.13. The van der Waals surface area contributed by atoms with E-state index in [0.717, 1.165) is 0 Å². The van der Waals surface area contributed by atoms with Gasteiger partial charge in [0, 0.05) is 23.5 Å². The number of fused-ring (bicyclic) bond motifs is 1. The molecule has 16 heteroatoms. The van der Waals surface area contributed by atoms with Crippen LogP contribution in [0.5, 0.6) is 0 Å². The van der Waals surface area contributed by atoms with Crippen LogP contribution < -0.4 is 0 Å². The SMILES string of the molecule is COCCOC1CCS(OS(=O)(=O)C(F)(F)C(F)(F)C(F)(F)C(F)(F)F)(c2cccc3ccccc23)C1. The molecule has 1 fully saturated rings. The smallest absolute Gasteiger partial charge is 0.382 e. The molecule has 0 amide bonds. The average Bonchev–Trinajstić information content (AvgIpc) is 3.20. The summed E-state index contributed by atoms with van der Waals surface area (Å²) in [4.78, 5) is 0.00807. The maximum Gasteiger partial charge on any atom is 0.460 e. The molecule has 1 aliphatic rings. The molecular weight excluding hydrogens is 567 g/mol. The van der Waals surface area contributed by atoms with Gasteiger partial charge in [-0.05, 0) is 23.3 Å². The third-order valence-corrected chi connectivity index (χ3v) is 11.3. The lowest BCUT2D eigenvalue weighted by Gasteiger charge is -2.39. The van der Waals surface area contributed by atoms with Crippen LogP contribution in [0.25, 0.3) is 10.8 Å². The van der Waals surface area contributed by atoms with Gasteiger partial charge >= 0.3 is 33.4 Å². The van der Waals surface area contributed by atoms with Crippen molar-refractivity contribution in [2.75, 3.05) is 31.8 Å². The first kappa shape index (κ1) is 29.8. The summed E-state index contributed by atoms with van der Waals surface area (Å²) >= 11 is 0. The van der Waals surface area contributed by atoms with Crippen LogP contribution in [-0.4, -0.2) is 69.6 Å². The lowest BCUT2D eigenvalue weighted by atomic mass is 10.1. The van der Waals surface area contributed by atoms with E-state index in [9.17, 15) is 47.9 Å². The third kappa shape index (κ3) is 5.14. The van der Waals surface area contributed by atoms with E-state index in [1.165, 1.54) is 31.4 Å². The largest absolute Gasteiger partial charge is 0.460 e. The molecule has 0 N–H and O–H groups in total. The van der Waals surface area contributed by atoms with Crippen molar-refractivity contribution < 1.29 is 61.0 Å². The molecule has 0 saturated carbocycles. The van der Waals surface area contributed by atoms with Crippen molar-refractivity contribution in [1.82, 2.24) is 0 Å². The Morgan fingerprint density at radius 3 is 2.14 bits per heavy atom. The van der Waals surface area contributed by atoms with E-state index in [1.807, 2.05) is 0 Å². The van der Waals surface area contributed by atoms with Crippen molar-refractivity contribution >= 4 is 31.2 Å². The molecule has 0 radical (unpaired) electrons. The van der Waals surface area contributed by atoms with E-state index in [-0.39, 0.29) is 30.3 Å². The highest BCUT2D eigenvalue weighted by molar-refractivity contribution is 8.33. The molecule has 0 aromatic heterocycles. The molecule has 0 bridgehead atoms. The summed E-state index contributed by atoms with van der Waals surface area (Å²) in [5.74, 6) is -15.5. The third-order valence-electron chi connectivity index (χ3n) is 5.67. The molecule has 1 saturated heterocycles. The monoisotopic (exact) mass is 588 g/mol. The highest BCUT2D eigenvalue weighted by atomic mass is 32.3. The lowest BCUT2D eigenvalue weighted by Crippen LogP contribution is -2.63. The quantitative estimate of drug-likeness (QED) is 0.247. The molecule has 1 heterocycles. The van der Waals surface area contributed by atoms with Crippen molar-refractivity contribution in [3.8, 4) is 0 Å². The van der Waals surface area contributed by atoms with Crippen LogP contribution in [0.2, 0.25) is 0 Å². The molecule has 2 aromatic carbocycles. The van der Waals surface area contributed by atoms with Crippen LogP contribution in [-0.2, 0) is 23.2 Å². The topological polar surface area (TPSA) is 61.8 Å². The summed E-state index contributed by atoms with van der Waals surface area (Å²) in [6.07, 6.45) is -8.01. The van der Waals surface area contributed by atoms with E-state index in [0.29, 0.717) is 10.8 Å². The van der Waals surface area contributed by atoms with Gasteiger partial charge in [0.2, 0.25) is 0 Å². The van der Waals surface area contributed by atoms with Crippen LogP contribution >= 0.6 is 10.3 Å². The average molecular weight is 589 g/mol. The van der Waals surface area contributed by atoms with Gasteiger partial charge in [0.1, 0.15) is 0 Å². The maximum absolute atomic E-state index is 14.5. The molecule has 3 rings (SSSR count). The van der Waals surface area contributed by atoms with E-state index >= 15 is 0 Å². The van der Waals surface area contributed by atoms with E-state index < -0.39 is 55.6 Å². The highest BCUT2D eigenvalue weighted by Gasteiger charge is 2.86. The summed E-state index contributed by atoms with van der Waals surface area (Å²) < 4.78 is 162. The Morgan fingerprint density at radius 2 is 1.51 bits per heavy atom. The molecule has 5 nitrogen and oxygen atoms in total. The number of alkyl halides is 9. The molecule has 0 aliphatic carbocycles. The number of ether oxygens (including phenoxy) is 2. The normalized spacial score (nSPS) is 23.8. The van der Waals surface area contributed by atoms with E-state index in [2.05, 4.69) is 3.63 Å². The first-order chi connectivity index (χ1) is 16.9. The molecule has 37 heavy (non-hydrogen) atoms. The Hall–Kier alpha value is -1.75. The minimum atomic E-state index is -7.39. The zero-order valence-electron chi connectivity index (χ0n) is 18.9. The Bertz CT molecular complexity index is 1220. The second kappa shape index (κ2) is 10.1. The first-order valence-corrected chi connectivity index (χ1v) is 13.8. The number of benzene rings is 2. The summed E-state index contributed by atoms with van der Waals surface area (Å²) in [5.41, 5.74) is 0. The lowest BCUT2D eigenvalue weighted by molar-refractivity contribution is -0.382. The Balaban J connectivity index is 2.11. The minimum Gasteiger partial charge on any atom is -0.382 e. The van der Waals surface area contributed by atoms with Crippen LogP contribution in [0.4, 0.5) is 39.5 Å². The number of hydrogen-bond acceptors (Lipinski definition) is 5. The van der Waals surface area contributed by atoms with Gasteiger partial charge in [-0.15, -0.1) is 0 Å². The Labute approximate surface area is 207 Å². The molecule has 2 aromatic rings. The predicted octanol–water partition coefficient (Wildman–Crippen LogP) is 6.13. The van der Waals surface area contributed by atoms with Gasteiger partial charge in [0.25, 0.3) is 0 Å². The van der Waals surface area contributed by atoms with Crippen molar-refractivity contribution in [2.24, 2.45) is 0 Å². The van der Waals surface area contributed by atoms with Crippen molar-refractivity contribution in [2.45, 2.75) is 40.7 Å². The maximum atomic E-state index is 14.5. The van der Waals surface area contributed by atoms with Gasteiger partial charge in [-0.3, -0.25) is 0 Å². The zero-order valence-corrected chi connectivity index (χ0v) is 20.5. The molecule has 1 aliphatic heterocycles. The van der Waals surface area contributed by atoms with Crippen LogP contribution in [0.1, 0.15) is 6.42 Å². The Morgan fingerprint density at radius 1 is 0.892 bits per heavy atom. The van der Waals surface area contributed by atoms with Gasteiger partial charge in [-0.1, -0.05) is 46.7 Å². The van der Waals surface area contributed by atoms with Crippen molar-refractivity contribution in [1.29, 1.82) is 0 Å². The van der Waals surface area contributed by atoms with Gasteiger partial charge in [0.15, 0.2) is 0 Å². The van der Waals surface area contributed by atoms with Crippen LogP contribution in [0.15, 0.2) is 47.4 Å². The first-order valence-electron chi connectivity index (χ1n) is 10.5. The fourth-order valence-corrected chi connectivity index (χ4v) is 9.70. The number of hydrogen-bond donors (Lipinski definition) is 0. The van der Waals surface area contributed by atoms with Gasteiger partial charge < -0.3 is 9.47 Å². The molecular formula is C21H21F9O5S2. The summed E-state index contributed by atoms with van der Waals surface area (Å²) in [5, 5.41) is -6.17. The van der Waals surface area contributed by atoms with Crippen molar-refractivity contribution in [3.05, 3.63) is 42.5 Å². The summed E-state index contributed by atoms with van der Waals surface area (Å²) in [6.45, 7) is 0.0914. The van der Waals surface area contributed by atoms with Gasteiger partial charge in [-0.2, -0.15) is 47.9 Å². The second-order valence-electron chi connectivity index (χ2n) is 8.12. The second-order valence-corrected chi connectivity index (χ2v) is 12.9. The standard InChI is InChI=1S/C21H21F9O5S2/c1-33-10-11-34-15-9-12-36(13-15,17-8-4-6-14-5-2-3-7-16(14)17)35-37(31,32)21(29,30)19(24,25)18(22,23)20(26,27)28/h2-8,15H,9-13H2,1H3. The predicted molar refractivity (Wildman–Crippen MR) is 117 cm³/mol. The fraction of sp³-hybridized carbons (Fsp3) is 0.524. The fourth-order valence-electron chi connectivity index (χ4n) is 3.77. The number of rotatable bonds is 10. The van der Waals surface area contributed by atoms with Gasteiger partial charge in [0.05, 0.1) is 19.3 Å². The summed E-state index contributed by atoms with van der Waals surface area (Å²) in [7, 11) is -9.24. The minimum absolute atomic E-state index is 0.00152. The van der Waals surface area contributed by atoms with Gasteiger partial charge in [-0.25, -0.2) is 3.63 Å². The van der Waals surface area contributed by atoms with E-state index in [1.54, 1.807) is 18.2 Å². The van der Waals surface area contributed by atoms with Crippen LogP contribution in [0.3, 0.4) is 0 Å². The zero-order chi connectivity index (χ0) is 27.9. The molecule has 2 unspecified atom stereocenters. The van der Waals surface area contributed by atoms with Crippen LogP contribution in [0, 0.1) is 0 Å². The van der Waals surface area contributed by atoms with Crippen molar-refractivity contribution in [3.63, 3.8) is 0 Å².